The summed E-state index contributed by atoms with van der Waals surface area (Å²) in [7, 11) is 1.18. The summed E-state index contributed by atoms with van der Waals surface area (Å²) in [5.41, 5.74) is 0.978. The maximum Gasteiger partial charge on any atom is 0.408 e. The van der Waals surface area contributed by atoms with Crippen LogP contribution in [0.2, 0.25) is 0 Å². The molecule has 0 aliphatic carbocycles. The van der Waals surface area contributed by atoms with Gasteiger partial charge < -0.3 is 25.0 Å². The van der Waals surface area contributed by atoms with Crippen molar-refractivity contribution in [3.63, 3.8) is 0 Å². The van der Waals surface area contributed by atoms with Gasteiger partial charge >= 0.3 is 12.1 Å². The van der Waals surface area contributed by atoms with E-state index in [1.165, 1.54) is 7.11 Å². The van der Waals surface area contributed by atoms with Gasteiger partial charge in [-0.3, -0.25) is 14.4 Å². The lowest BCUT2D eigenvalue weighted by Crippen LogP contribution is -2.54. The van der Waals surface area contributed by atoms with Gasteiger partial charge in [-0.1, -0.05) is 61.2 Å². The molecular weight excluding hydrogens is 500 g/mol. The number of alkyl carbamates (subject to hydrolysis) is 1. The van der Waals surface area contributed by atoms with Crippen LogP contribution in [0.15, 0.2) is 61.2 Å². The second-order valence-electron chi connectivity index (χ2n) is 9.58. The zero-order valence-corrected chi connectivity index (χ0v) is 22.6. The van der Waals surface area contributed by atoms with Crippen molar-refractivity contribution in [2.75, 3.05) is 20.2 Å². The van der Waals surface area contributed by atoms with E-state index in [2.05, 4.69) is 21.9 Å². The number of rotatable bonds is 11. The molecule has 206 valence electrons. The van der Waals surface area contributed by atoms with Gasteiger partial charge in [0.1, 0.15) is 30.8 Å². The van der Waals surface area contributed by atoms with Gasteiger partial charge in [0.05, 0.1) is 13.2 Å². The highest BCUT2D eigenvalue weighted by molar-refractivity contribution is 5.93. The summed E-state index contributed by atoms with van der Waals surface area (Å²) in [4.78, 5) is 52.9. The maximum atomic E-state index is 14.0. The average Bonchev–Trinajstić information content (AvgIpc) is 2.90. The fourth-order valence-electron chi connectivity index (χ4n) is 3.73. The molecule has 0 aromatic heterocycles. The molecule has 0 fully saturated rings. The molecule has 39 heavy (non-hydrogen) atoms. The Kier molecular flexibility index (Phi) is 11.2. The quantitative estimate of drug-likeness (QED) is 0.334. The van der Waals surface area contributed by atoms with Gasteiger partial charge in [-0.2, -0.15) is 5.26 Å². The predicted molar refractivity (Wildman–Crippen MR) is 145 cm³/mol. The molecule has 0 heterocycles. The van der Waals surface area contributed by atoms with Crippen molar-refractivity contribution in [3.05, 3.63) is 77.9 Å². The Balaban J connectivity index is 2.54. The van der Waals surface area contributed by atoms with Crippen LogP contribution in [0.25, 0.3) is 6.08 Å². The van der Waals surface area contributed by atoms with E-state index in [-0.39, 0.29) is 6.42 Å². The summed E-state index contributed by atoms with van der Waals surface area (Å²) in [6.07, 6.45) is 0.824. The third-order valence-electron chi connectivity index (χ3n) is 5.45. The number of carbonyl (C=O) groups is 4. The Bertz CT molecular complexity index is 1220. The summed E-state index contributed by atoms with van der Waals surface area (Å²) in [6.45, 7) is 7.90. The molecule has 2 atom stereocenters. The third-order valence-corrected chi connectivity index (χ3v) is 5.45. The van der Waals surface area contributed by atoms with E-state index < -0.39 is 54.7 Å². The van der Waals surface area contributed by atoms with Crippen molar-refractivity contribution < 1.29 is 28.7 Å². The molecule has 10 nitrogen and oxygen atoms in total. The number of benzene rings is 2. The maximum absolute atomic E-state index is 14.0. The standard InChI is InChI=1S/C29H34N4O6/c1-6-20-13-10-14-22(17-20)25(26(35)31-19-24(34)38-5)33(16-15-30)27(36)23(18-21-11-8-7-9-12-21)32-28(37)39-29(2,3)4/h6-14,17,23,25H,1,16,18-19H2,2-5H3,(H,31,35)(H,32,37). The minimum atomic E-state index is -1.31. The SMILES string of the molecule is C=Cc1cccc(C(C(=O)NCC(=O)OC)N(CC#N)C(=O)C(Cc2ccccc2)NC(=O)OC(C)(C)C)c1. The lowest BCUT2D eigenvalue weighted by molar-refractivity contribution is -0.144. The van der Waals surface area contributed by atoms with Crippen molar-refractivity contribution >= 4 is 30.0 Å². The highest BCUT2D eigenvalue weighted by atomic mass is 16.6. The van der Waals surface area contributed by atoms with Crippen LogP contribution < -0.4 is 10.6 Å². The van der Waals surface area contributed by atoms with E-state index in [4.69, 9.17) is 4.74 Å². The van der Waals surface area contributed by atoms with E-state index >= 15 is 0 Å². The number of ether oxygens (including phenoxy) is 2. The van der Waals surface area contributed by atoms with Crippen LogP contribution in [-0.2, 0) is 30.3 Å². The summed E-state index contributed by atoms with van der Waals surface area (Å²) < 4.78 is 9.97. The number of methoxy groups -OCH3 is 1. The molecule has 2 rings (SSSR count). The van der Waals surface area contributed by atoms with Crippen LogP contribution in [0.3, 0.4) is 0 Å². The van der Waals surface area contributed by atoms with E-state index in [1.54, 1.807) is 75.4 Å². The highest BCUT2D eigenvalue weighted by Crippen LogP contribution is 2.24. The zero-order chi connectivity index (χ0) is 29.0. The van der Waals surface area contributed by atoms with E-state index in [0.29, 0.717) is 11.1 Å². The van der Waals surface area contributed by atoms with Crippen molar-refractivity contribution in [3.8, 4) is 6.07 Å². The van der Waals surface area contributed by atoms with Crippen LogP contribution in [0.5, 0.6) is 0 Å². The van der Waals surface area contributed by atoms with Gasteiger partial charge in [0.15, 0.2) is 0 Å². The molecule has 0 aliphatic heterocycles. The molecule has 2 aromatic carbocycles. The minimum Gasteiger partial charge on any atom is -0.468 e. The van der Waals surface area contributed by atoms with Crippen LogP contribution in [0.4, 0.5) is 4.79 Å². The Hall–Kier alpha value is -4.65. The van der Waals surface area contributed by atoms with Gasteiger partial charge in [0, 0.05) is 6.42 Å². The van der Waals surface area contributed by atoms with E-state index in [9.17, 15) is 24.4 Å². The first kappa shape index (κ1) is 30.6. The average molecular weight is 535 g/mol. The fraction of sp³-hybridized carbons (Fsp3) is 0.345. The predicted octanol–water partition coefficient (Wildman–Crippen LogP) is 3.15. The third kappa shape index (κ3) is 9.63. The van der Waals surface area contributed by atoms with Crippen molar-refractivity contribution in [2.24, 2.45) is 0 Å². The molecule has 0 spiro atoms. The van der Waals surface area contributed by atoms with Crippen LogP contribution in [-0.4, -0.2) is 60.6 Å². The Morgan fingerprint density at radius 2 is 1.79 bits per heavy atom. The van der Waals surface area contributed by atoms with Crippen LogP contribution in [0, 0.1) is 11.3 Å². The molecule has 0 saturated heterocycles. The zero-order valence-electron chi connectivity index (χ0n) is 22.6. The molecule has 0 aliphatic rings. The smallest absolute Gasteiger partial charge is 0.408 e. The molecule has 0 bridgehead atoms. The Morgan fingerprint density at radius 1 is 1.10 bits per heavy atom. The molecule has 2 N–H and O–H groups in total. The molecule has 2 aromatic rings. The van der Waals surface area contributed by atoms with Crippen LogP contribution in [0.1, 0.15) is 43.5 Å². The summed E-state index contributed by atoms with van der Waals surface area (Å²) in [5, 5.41) is 14.7. The fourth-order valence-corrected chi connectivity index (χ4v) is 3.73. The summed E-state index contributed by atoms with van der Waals surface area (Å²) >= 11 is 0. The summed E-state index contributed by atoms with van der Waals surface area (Å²) in [5.74, 6) is -2.08. The second-order valence-corrected chi connectivity index (χ2v) is 9.58. The van der Waals surface area contributed by atoms with Crippen molar-refractivity contribution in [1.82, 2.24) is 15.5 Å². The lowest BCUT2D eigenvalue weighted by atomic mass is 9.99. The number of nitrogens with zero attached hydrogens (tertiary/aromatic N) is 2. The van der Waals surface area contributed by atoms with Crippen LogP contribution >= 0.6 is 0 Å². The molecule has 10 heteroatoms. The van der Waals surface area contributed by atoms with E-state index in [0.717, 1.165) is 10.5 Å². The number of amides is 3. The minimum absolute atomic E-state index is 0.0735. The molecule has 2 unspecified atom stereocenters. The first-order chi connectivity index (χ1) is 18.5. The Labute approximate surface area is 228 Å². The number of hydrogen-bond donors (Lipinski definition) is 2. The highest BCUT2D eigenvalue weighted by Gasteiger charge is 2.36. The van der Waals surface area contributed by atoms with Gasteiger partial charge in [-0.05, 0) is 43.5 Å². The summed E-state index contributed by atoms with van der Waals surface area (Å²) in [6, 6.07) is 15.2. The van der Waals surface area contributed by atoms with Crippen molar-refractivity contribution in [1.29, 1.82) is 5.26 Å². The molecule has 3 amide bonds. The number of carbonyl (C=O) groups excluding carboxylic acids is 4. The van der Waals surface area contributed by atoms with E-state index in [1.807, 2.05) is 12.1 Å². The number of nitriles is 1. The molecule has 0 saturated carbocycles. The lowest BCUT2D eigenvalue weighted by Gasteiger charge is -2.33. The molecule has 0 radical (unpaired) electrons. The Morgan fingerprint density at radius 3 is 2.38 bits per heavy atom. The first-order valence-corrected chi connectivity index (χ1v) is 12.3. The van der Waals surface area contributed by atoms with Gasteiger partial charge in [-0.15, -0.1) is 0 Å². The van der Waals surface area contributed by atoms with Gasteiger partial charge in [-0.25, -0.2) is 4.79 Å². The number of hydrogen-bond acceptors (Lipinski definition) is 7. The second kappa shape index (κ2) is 14.3. The molecular formula is C29H34N4O6. The topological polar surface area (TPSA) is 138 Å². The monoisotopic (exact) mass is 534 g/mol. The van der Waals surface area contributed by atoms with Gasteiger partial charge in [0.2, 0.25) is 11.8 Å². The first-order valence-electron chi connectivity index (χ1n) is 12.3. The number of nitrogens with one attached hydrogen (secondary N) is 2. The largest absolute Gasteiger partial charge is 0.468 e. The normalized spacial score (nSPS) is 12.2. The van der Waals surface area contributed by atoms with Gasteiger partial charge in [0.25, 0.3) is 0 Å². The number of esters is 1. The van der Waals surface area contributed by atoms with Crippen molar-refractivity contribution in [2.45, 2.75) is 44.9 Å².